The quantitative estimate of drug-likeness (QED) is 0.807. The summed E-state index contributed by atoms with van der Waals surface area (Å²) in [4.78, 5) is 26.3. The topological polar surface area (TPSA) is 70.7 Å². The summed E-state index contributed by atoms with van der Waals surface area (Å²) >= 11 is 0. The number of piperidine rings is 1. The number of rotatable bonds is 5. The standard InChI is InChI=1S/C22H33N3O3/c1-16-8-9-18(14-17(16)2)23-22(27)24-21(26)15-25-12-10-20(11-13-25)28-19-6-4-3-5-7-19/h8-9,14,19-20H,3-7,10-13,15H2,1-2H3,(H2,23,24,26,27). The molecule has 6 heteroatoms. The smallest absolute Gasteiger partial charge is 0.325 e. The van der Waals surface area contributed by atoms with Gasteiger partial charge in [-0.25, -0.2) is 4.79 Å². The van der Waals surface area contributed by atoms with E-state index in [4.69, 9.17) is 4.74 Å². The van der Waals surface area contributed by atoms with Gasteiger partial charge >= 0.3 is 6.03 Å². The average molecular weight is 388 g/mol. The maximum atomic E-state index is 12.2. The van der Waals surface area contributed by atoms with Crippen LogP contribution >= 0.6 is 0 Å². The predicted octanol–water partition coefficient (Wildman–Crippen LogP) is 3.77. The molecule has 0 atom stereocenters. The van der Waals surface area contributed by atoms with E-state index in [1.807, 2.05) is 32.0 Å². The van der Waals surface area contributed by atoms with Crippen molar-refractivity contribution >= 4 is 17.6 Å². The number of carbonyl (C=O) groups is 2. The van der Waals surface area contributed by atoms with Crippen LogP contribution in [0.25, 0.3) is 0 Å². The van der Waals surface area contributed by atoms with E-state index in [9.17, 15) is 9.59 Å². The van der Waals surface area contributed by atoms with E-state index in [1.54, 1.807) is 0 Å². The second-order valence-electron chi connectivity index (χ2n) is 8.17. The summed E-state index contributed by atoms with van der Waals surface area (Å²) in [6.07, 6.45) is 8.96. The number of anilines is 1. The van der Waals surface area contributed by atoms with Crippen LogP contribution in [-0.4, -0.2) is 48.7 Å². The summed E-state index contributed by atoms with van der Waals surface area (Å²) in [6.45, 7) is 5.93. The molecular weight excluding hydrogens is 354 g/mol. The zero-order chi connectivity index (χ0) is 19.9. The first-order chi connectivity index (χ1) is 13.5. The van der Waals surface area contributed by atoms with Crippen LogP contribution in [0.5, 0.6) is 0 Å². The van der Waals surface area contributed by atoms with Gasteiger partial charge < -0.3 is 10.1 Å². The van der Waals surface area contributed by atoms with Gasteiger partial charge in [0, 0.05) is 18.8 Å². The normalized spacial score (nSPS) is 19.4. The van der Waals surface area contributed by atoms with Crippen LogP contribution in [0.4, 0.5) is 10.5 Å². The summed E-state index contributed by atoms with van der Waals surface area (Å²) in [7, 11) is 0. The Kier molecular flexibility index (Phi) is 7.45. The van der Waals surface area contributed by atoms with Crippen LogP contribution in [0.2, 0.25) is 0 Å². The van der Waals surface area contributed by atoms with Gasteiger partial charge in [-0.3, -0.25) is 15.0 Å². The van der Waals surface area contributed by atoms with Gasteiger partial charge in [0.25, 0.3) is 0 Å². The Morgan fingerprint density at radius 1 is 1.00 bits per heavy atom. The molecule has 2 aliphatic rings. The second-order valence-corrected chi connectivity index (χ2v) is 8.17. The van der Waals surface area contributed by atoms with E-state index in [-0.39, 0.29) is 12.5 Å². The Hall–Kier alpha value is -1.92. The molecule has 2 N–H and O–H groups in total. The lowest BCUT2D eigenvalue weighted by Gasteiger charge is -2.34. The van der Waals surface area contributed by atoms with Gasteiger partial charge in [-0.1, -0.05) is 25.3 Å². The zero-order valence-electron chi connectivity index (χ0n) is 17.1. The zero-order valence-corrected chi connectivity index (χ0v) is 17.1. The second kappa shape index (κ2) is 10.0. The number of ether oxygens (including phenoxy) is 1. The minimum absolute atomic E-state index is 0.247. The number of urea groups is 1. The molecule has 28 heavy (non-hydrogen) atoms. The molecule has 1 heterocycles. The summed E-state index contributed by atoms with van der Waals surface area (Å²) < 4.78 is 6.24. The van der Waals surface area contributed by atoms with Gasteiger partial charge in [0.15, 0.2) is 0 Å². The maximum absolute atomic E-state index is 12.2. The van der Waals surface area contributed by atoms with Crippen molar-refractivity contribution in [3.05, 3.63) is 29.3 Å². The number of amides is 3. The molecule has 1 saturated carbocycles. The fourth-order valence-electron chi connectivity index (χ4n) is 4.03. The van der Waals surface area contributed by atoms with E-state index in [0.717, 1.165) is 37.1 Å². The van der Waals surface area contributed by atoms with Crippen molar-refractivity contribution in [2.75, 3.05) is 25.0 Å². The fraction of sp³-hybridized carbons (Fsp3) is 0.636. The molecule has 0 spiro atoms. The first-order valence-corrected chi connectivity index (χ1v) is 10.6. The van der Waals surface area contributed by atoms with Crippen LogP contribution < -0.4 is 10.6 Å². The summed E-state index contributed by atoms with van der Waals surface area (Å²) in [5, 5.41) is 5.15. The lowest BCUT2D eigenvalue weighted by atomic mass is 9.97. The molecule has 6 nitrogen and oxygen atoms in total. The number of likely N-dealkylation sites (tertiary alicyclic amines) is 1. The third-order valence-corrected chi connectivity index (χ3v) is 5.86. The number of hydrogen-bond acceptors (Lipinski definition) is 4. The highest BCUT2D eigenvalue weighted by atomic mass is 16.5. The largest absolute Gasteiger partial charge is 0.375 e. The van der Waals surface area contributed by atoms with E-state index >= 15 is 0 Å². The molecular formula is C22H33N3O3. The Labute approximate surface area is 168 Å². The maximum Gasteiger partial charge on any atom is 0.325 e. The molecule has 2 fully saturated rings. The Bertz CT molecular complexity index is 678. The SMILES string of the molecule is Cc1ccc(NC(=O)NC(=O)CN2CCC(OC3CCCCC3)CC2)cc1C. The minimum atomic E-state index is -0.483. The number of nitrogens with zero attached hydrogens (tertiary/aromatic N) is 1. The van der Waals surface area contributed by atoms with Gasteiger partial charge in [0.2, 0.25) is 5.91 Å². The van der Waals surface area contributed by atoms with Crippen molar-refractivity contribution in [3.63, 3.8) is 0 Å². The first kappa shape index (κ1) is 20.8. The van der Waals surface area contributed by atoms with Crippen LogP contribution in [0.3, 0.4) is 0 Å². The minimum Gasteiger partial charge on any atom is -0.375 e. The molecule has 1 aliphatic heterocycles. The molecule has 0 bridgehead atoms. The van der Waals surface area contributed by atoms with Gasteiger partial charge in [-0.15, -0.1) is 0 Å². The number of nitrogens with one attached hydrogen (secondary N) is 2. The van der Waals surface area contributed by atoms with Crippen LogP contribution in [0, 0.1) is 13.8 Å². The Morgan fingerprint density at radius 3 is 2.36 bits per heavy atom. The fourth-order valence-corrected chi connectivity index (χ4v) is 4.03. The van der Waals surface area contributed by atoms with Crippen molar-refractivity contribution in [2.24, 2.45) is 0 Å². The third kappa shape index (κ3) is 6.31. The predicted molar refractivity (Wildman–Crippen MR) is 110 cm³/mol. The Morgan fingerprint density at radius 2 is 1.68 bits per heavy atom. The summed E-state index contributed by atoms with van der Waals surface area (Å²) in [5.41, 5.74) is 2.95. The molecule has 3 rings (SSSR count). The monoisotopic (exact) mass is 387 g/mol. The lowest BCUT2D eigenvalue weighted by Crippen LogP contribution is -2.45. The molecule has 154 valence electrons. The highest BCUT2D eigenvalue weighted by Crippen LogP contribution is 2.24. The van der Waals surface area contributed by atoms with Crippen molar-refractivity contribution in [1.82, 2.24) is 10.2 Å². The van der Waals surface area contributed by atoms with Gasteiger partial charge in [0.05, 0.1) is 18.8 Å². The van der Waals surface area contributed by atoms with Crippen molar-refractivity contribution in [2.45, 2.75) is 71.0 Å². The van der Waals surface area contributed by atoms with E-state index in [1.165, 1.54) is 32.1 Å². The number of aryl methyl sites for hydroxylation is 2. The highest BCUT2D eigenvalue weighted by molar-refractivity contribution is 6.01. The van der Waals surface area contributed by atoms with Crippen LogP contribution in [-0.2, 0) is 9.53 Å². The third-order valence-electron chi connectivity index (χ3n) is 5.86. The molecule has 1 aliphatic carbocycles. The molecule has 1 saturated heterocycles. The van der Waals surface area contributed by atoms with E-state index in [2.05, 4.69) is 15.5 Å². The molecule has 1 aromatic rings. The number of carbonyl (C=O) groups excluding carboxylic acids is 2. The summed E-state index contributed by atoms with van der Waals surface area (Å²) in [5.74, 6) is -0.270. The van der Waals surface area contributed by atoms with Crippen molar-refractivity contribution in [3.8, 4) is 0 Å². The molecule has 0 unspecified atom stereocenters. The van der Waals surface area contributed by atoms with Gasteiger partial charge in [-0.05, 0) is 62.8 Å². The van der Waals surface area contributed by atoms with Crippen LogP contribution in [0.1, 0.15) is 56.1 Å². The van der Waals surface area contributed by atoms with Gasteiger partial charge in [0.1, 0.15) is 0 Å². The van der Waals surface area contributed by atoms with Crippen LogP contribution in [0.15, 0.2) is 18.2 Å². The lowest BCUT2D eigenvalue weighted by molar-refractivity contribution is -0.122. The molecule has 0 radical (unpaired) electrons. The van der Waals surface area contributed by atoms with E-state index < -0.39 is 6.03 Å². The average Bonchev–Trinajstić information content (AvgIpc) is 2.67. The number of hydrogen-bond donors (Lipinski definition) is 2. The van der Waals surface area contributed by atoms with Gasteiger partial charge in [-0.2, -0.15) is 0 Å². The number of imide groups is 1. The molecule has 1 aromatic carbocycles. The molecule has 3 amide bonds. The molecule has 0 aromatic heterocycles. The van der Waals surface area contributed by atoms with E-state index in [0.29, 0.717) is 17.9 Å². The number of benzene rings is 1. The van der Waals surface area contributed by atoms with Crippen molar-refractivity contribution < 1.29 is 14.3 Å². The Balaban J connectivity index is 1.35. The first-order valence-electron chi connectivity index (χ1n) is 10.6. The van der Waals surface area contributed by atoms with Crippen molar-refractivity contribution in [1.29, 1.82) is 0 Å². The highest BCUT2D eigenvalue weighted by Gasteiger charge is 2.25. The summed E-state index contributed by atoms with van der Waals surface area (Å²) in [6, 6.07) is 5.20.